The Labute approximate surface area is 83.1 Å². The van der Waals surface area contributed by atoms with Crippen LogP contribution in [-0.2, 0) is 20.1 Å². The van der Waals surface area contributed by atoms with Crippen molar-refractivity contribution in [2.24, 2.45) is 5.41 Å². The minimum Gasteiger partial charge on any atom is -0.263 e. The molecule has 0 fully saturated rings. The Kier molecular flexibility index (Phi) is 3.28. The van der Waals surface area contributed by atoms with Gasteiger partial charge < -0.3 is 0 Å². The molecule has 0 N–H and O–H groups in total. The standard InChI is InChI=1S/C10H15.Ir/c1-7-6-10(4,5)9(3)8(7)2;/h1-5H3;/q-1;. The van der Waals surface area contributed by atoms with Crippen molar-refractivity contribution in [3.05, 3.63) is 22.8 Å². The summed E-state index contributed by atoms with van der Waals surface area (Å²) < 4.78 is 0. The molecule has 0 saturated carbocycles. The van der Waals surface area contributed by atoms with Crippen molar-refractivity contribution < 1.29 is 20.1 Å². The first kappa shape index (κ1) is 11.1. The van der Waals surface area contributed by atoms with E-state index in [-0.39, 0.29) is 25.5 Å². The molecule has 0 saturated heterocycles. The van der Waals surface area contributed by atoms with E-state index in [0.717, 1.165) is 0 Å². The quantitative estimate of drug-likeness (QED) is 0.600. The normalized spacial score (nSPS) is 21.4. The minimum atomic E-state index is 0. The number of allylic oxidation sites excluding steroid dienone is 4. The van der Waals surface area contributed by atoms with Crippen LogP contribution in [0.2, 0.25) is 0 Å². The Hall–Kier alpha value is 0.129. The van der Waals surface area contributed by atoms with Crippen LogP contribution >= 0.6 is 0 Å². The fraction of sp³-hybridized carbons (Fsp3) is 0.600. The van der Waals surface area contributed by atoms with E-state index in [9.17, 15) is 0 Å². The molecule has 0 aromatic rings. The van der Waals surface area contributed by atoms with Crippen molar-refractivity contribution in [3.8, 4) is 0 Å². The summed E-state index contributed by atoms with van der Waals surface area (Å²) in [7, 11) is 0. The molecule has 0 nitrogen and oxygen atoms in total. The molecule has 0 amide bonds. The van der Waals surface area contributed by atoms with Gasteiger partial charge in [-0.05, 0) is 0 Å². The number of hydrogen-bond donors (Lipinski definition) is 0. The average Bonchev–Trinajstić information content (AvgIpc) is 1.95. The largest absolute Gasteiger partial charge is 0.263 e. The SMILES string of the molecule is CC1=[C-]C(C)(C)C(C)=C1C.[Ir]. The van der Waals surface area contributed by atoms with Crippen LogP contribution in [0.5, 0.6) is 0 Å². The summed E-state index contributed by atoms with van der Waals surface area (Å²) in [5, 5.41) is 0. The Balaban J connectivity index is 0.000001000. The summed E-state index contributed by atoms with van der Waals surface area (Å²) in [5.74, 6) is 0. The third-order valence-electron chi connectivity index (χ3n) is 2.56. The van der Waals surface area contributed by atoms with E-state index in [1.165, 1.54) is 16.7 Å². The third-order valence-corrected chi connectivity index (χ3v) is 2.56. The number of hydrogen-bond acceptors (Lipinski definition) is 0. The van der Waals surface area contributed by atoms with E-state index < -0.39 is 0 Å². The van der Waals surface area contributed by atoms with Crippen LogP contribution in [0.25, 0.3) is 0 Å². The summed E-state index contributed by atoms with van der Waals surface area (Å²) in [6.45, 7) is 10.9. The molecule has 1 heteroatoms. The first-order valence-electron chi connectivity index (χ1n) is 3.75. The molecular formula is C10H15Ir-. The van der Waals surface area contributed by atoms with Gasteiger partial charge in [-0.25, -0.2) is 5.57 Å². The molecule has 0 unspecified atom stereocenters. The molecule has 1 aliphatic rings. The maximum atomic E-state index is 3.44. The van der Waals surface area contributed by atoms with E-state index >= 15 is 0 Å². The van der Waals surface area contributed by atoms with Gasteiger partial charge in [0.25, 0.3) is 0 Å². The van der Waals surface area contributed by atoms with Gasteiger partial charge in [-0.1, -0.05) is 33.1 Å². The van der Waals surface area contributed by atoms with Gasteiger partial charge in [0.1, 0.15) is 0 Å². The average molecular weight is 327 g/mol. The van der Waals surface area contributed by atoms with Crippen molar-refractivity contribution >= 4 is 0 Å². The van der Waals surface area contributed by atoms with E-state index in [4.69, 9.17) is 0 Å². The Morgan fingerprint density at radius 3 is 1.64 bits per heavy atom. The van der Waals surface area contributed by atoms with Crippen molar-refractivity contribution in [2.75, 3.05) is 0 Å². The first-order chi connectivity index (χ1) is 4.45. The van der Waals surface area contributed by atoms with Gasteiger partial charge in [0.2, 0.25) is 0 Å². The van der Waals surface area contributed by atoms with Crippen molar-refractivity contribution in [2.45, 2.75) is 34.6 Å². The van der Waals surface area contributed by atoms with Crippen LogP contribution in [0.15, 0.2) is 16.7 Å². The van der Waals surface area contributed by atoms with Crippen LogP contribution in [0.3, 0.4) is 0 Å². The maximum absolute atomic E-state index is 3.44. The third kappa shape index (κ3) is 1.83. The molecule has 1 rings (SSSR count). The molecule has 11 heavy (non-hydrogen) atoms. The molecule has 0 atom stereocenters. The van der Waals surface area contributed by atoms with Gasteiger partial charge in [-0.15, -0.1) is 6.92 Å². The first-order valence-corrected chi connectivity index (χ1v) is 3.75. The second kappa shape index (κ2) is 3.25. The fourth-order valence-corrected chi connectivity index (χ4v) is 1.41. The summed E-state index contributed by atoms with van der Waals surface area (Å²) >= 11 is 0. The van der Waals surface area contributed by atoms with Gasteiger partial charge >= 0.3 is 0 Å². The summed E-state index contributed by atoms with van der Waals surface area (Å²) in [5.41, 5.74) is 4.39. The predicted octanol–water partition coefficient (Wildman–Crippen LogP) is 3.11. The molecule has 0 bridgehead atoms. The smallest absolute Gasteiger partial charge is 0 e. The van der Waals surface area contributed by atoms with Crippen LogP contribution in [0, 0.1) is 11.5 Å². The van der Waals surface area contributed by atoms with Crippen LogP contribution in [0.1, 0.15) is 34.6 Å². The van der Waals surface area contributed by atoms with E-state index in [1.807, 2.05) is 0 Å². The van der Waals surface area contributed by atoms with Crippen LogP contribution in [0.4, 0.5) is 0 Å². The second-order valence-electron chi connectivity index (χ2n) is 3.62. The zero-order chi connectivity index (χ0) is 7.94. The molecule has 65 valence electrons. The number of rotatable bonds is 0. The van der Waals surface area contributed by atoms with Gasteiger partial charge in [0, 0.05) is 20.1 Å². The molecule has 0 aromatic heterocycles. The van der Waals surface area contributed by atoms with Crippen molar-refractivity contribution in [3.63, 3.8) is 0 Å². The Bertz CT molecular complexity index is 219. The maximum Gasteiger partial charge on any atom is 0 e. The van der Waals surface area contributed by atoms with Crippen molar-refractivity contribution in [1.29, 1.82) is 0 Å². The van der Waals surface area contributed by atoms with Gasteiger partial charge in [-0.3, -0.25) is 6.08 Å². The molecule has 0 aromatic carbocycles. The van der Waals surface area contributed by atoms with E-state index in [2.05, 4.69) is 40.7 Å². The molecule has 0 aliphatic heterocycles. The topological polar surface area (TPSA) is 0 Å². The molecule has 0 spiro atoms. The van der Waals surface area contributed by atoms with Gasteiger partial charge in [0.05, 0.1) is 0 Å². The summed E-state index contributed by atoms with van der Waals surface area (Å²) in [6.07, 6.45) is 3.44. The summed E-state index contributed by atoms with van der Waals surface area (Å²) in [4.78, 5) is 0. The zero-order valence-corrected chi connectivity index (χ0v) is 10.2. The predicted molar refractivity (Wildman–Crippen MR) is 44.6 cm³/mol. The Morgan fingerprint density at radius 2 is 1.55 bits per heavy atom. The van der Waals surface area contributed by atoms with E-state index in [0.29, 0.717) is 0 Å². The Morgan fingerprint density at radius 1 is 1.09 bits per heavy atom. The van der Waals surface area contributed by atoms with Crippen LogP contribution < -0.4 is 0 Å². The fourth-order valence-electron chi connectivity index (χ4n) is 1.41. The molecular weight excluding hydrogens is 312 g/mol. The monoisotopic (exact) mass is 328 g/mol. The minimum absolute atomic E-state index is 0. The van der Waals surface area contributed by atoms with Gasteiger partial charge in [0.15, 0.2) is 0 Å². The molecule has 1 aliphatic carbocycles. The summed E-state index contributed by atoms with van der Waals surface area (Å²) in [6, 6.07) is 0. The second-order valence-corrected chi connectivity index (χ2v) is 3.62. The van der Waals surface area contributed by atoms with Gasteiger partial charge in [-0.2, -0.15) is 11.1 Å². The van der Waals surface area contributed by atoms with Crippen molar-refractivity contribution in [1.82, 2.24) is 0 Å². The van der Waals surface area contributed by atoms with E-state index in [1.54, 1.807) is 0 Å². The zero-order valence-electron chi connectivity index (χ0n) is 7.83. The molecule has 1 radical (unpaired) electrons. The molecule has 0 heterocycles. The van der Waals surface area contributed by atoms with Crippen LogP contribution in [-0.4, -0.2) is 0 Å².